The number of anilines is 1. The first-order chi connectivity index (χ1) is 12.0. The standard InChI is InChI=1S/C20H32N4O/c1-16-6-5-7-19(17(16)2)23-12-10-22(11-13-23)9-8-18-14-24(15-18)20(25)21(3)4/h5-7,18H,8-15H2,1-4H3. The largest absolute Gasteiger partial charge is 0.369 e. The Morgan fingerprint density at radius 1 is 1.12 bits per heavy atom. The van der Waals surface area contributed by atoms with Gasteiger partial charge < -0.3 is 14.7 Å². The highest BCUT2D eigenvalue weighted by Gasteiger charge is 2.31. The van der Waals surface area contributed by atoms with Gasteiger partial charge in [-0.05, 0) is 49.9 Å². The molecule has 1 aromatic carbocycles. The molecule has 1 aromatic rings. The quantitative estimate of drug-likeness (QED) is 0.840. The predicted octanol–water partition coefficient (Wildman–Crippen LogP) is 2.43. The van der Waals surface area contributed by atoms with E-state index in [2.05, 4.69) is 41.8 Å². The summed E-state index contributed by atoms with van der Waals surface area (Å²) in [6.07, 6.45) is 1.21. The van der Waals surface area contributed by atoms with E-state index in [4.69, 9.17) is 0 Å². The number of benzene rings is 1. The van der Waals surface area contributed by atoms with Gasteiger partial charge in [0, 0.05) is 59.1 Å². The topological polar surface area (TPSA) is 30.0 Å². The van der Waals surface area contributed by atoms with Crippen molar-refractivity contribution in [2.45, 2.75) is 20.3 Å². The number of likely N-dealkylation sites (tertiary alicyclic amines) is 1. The van der Waals surface area contributed by atoms with Gasteiger partial charge in [0.1, 0.15) is 0 Å². The lowest BCUT2D eigenvalue weighted by atomic mass is 9.96. The molecular weight excluding hydrogens is 312 g/mol. The van der Waals surface area contributed by atoms with E-state index >= 15 is 0 Å². The summed E-state index contributed by atoms with van der Waals surface area (Å²) in [4.78, 5) is 20.6. The van der Waals surface area contributed by atoms with Crippen molar-refractivity contribution in [2.24, 2.45) is 5.92 Å². The first kappa shape index (κ1) is 18.1. The third kappa shape index (κ3) is 4.09. The van der Waals surface area contributed by atoms with E-state index < -0.39 is 0 Å². The van der Waals surface area contributed by atoms with Gasteiger partial charge in [-0.3, -0.25) is 4.90 Å². The molecule has 2 aliphatic heterocycles. The van der Waals surface area contributed by atoms with Crippen LogP contribution in [0.5, 0.6) is 0 Å². The van der Waals surface area contributed by atoms with E-state index in [9.17, 15) is 4.79 Å². The predicted molar refractivity (Wildman–Crippen MR) is 103 cm³/mol. The second-order valence-electron chi connectivity index (χ2n) is 7.78. The zero-order chi connectivity index (χ0) is 18.0. The van der Waals surface area contributed by atoms with Crippen LogP contribution >= 0.6 is 0 Å². The first-order valence-electron chi connectivity index (χ1n) is 9.45. The number of nitrogens with zero attached hydrogens (tertiary/aromatic N) is 4. The maximum Gasteiger partial charge on any atom is 0.319 e. The van der Waals surface area contributed by atoms with E-state index in [1.807, 2.05) is 19.0 Å². The van der Waals surface area contributed by atoms with Gasteiger partial charge in [0.15, 0.2) is 0 Å². The number of amides is 2. The summed E-state index contributed by atoms with van der Waals surface area (Å²) in [7, 11) is 3.65. The summed E-state index contributed by atoms with van der Waals surface area (Å²) in [5, 5.41) is 0. The lowest BCUT2D eigenvalue weighted by Gasteiger charge is -2.42. The van der Waals surface area contributed by atoms with Crippen molar-refractivity contribution in [3.63, 3.8) is 0 Å². The molecule has 2 fully saturated rings. The van der Waals surface area contributed by atoms with Crippen LogP contribution in [0.2, 0.25) is 0 Å². The van der Waals surface area contributed by atoms with Crippen LogP contribution in [0.4, 0.5) is 10.5 Å². The van der Waals surface area contributed by atoms with Gasteiger partial charge >= 0.3 is 6.03 Å². The fourth-order valence-corrected chi connectivity index (χ4v) is 3.85. The Hall–Kier alpha value is -1.75. The molecule has 5 heteroatoms. The highest BCUT2D eigenvalue weighted by molar-refractivity contribution is 5.74. The van der Waals surface area contributed by atoms with E-state index in [1.165, 1.54) is 23.2 Å². The van der Waals surface area contributed by atoms with Crippen molar-refractivity contribution in [1.82, 2.24) is 14.7 Å². The van der Waals surface area contributed by atoms with E-state index in [0.717, 1.165) is 45.8 Å². The molecule has 2 heterocycles. The first-order valence-corrected chi connectivity index (χ1v) is 9.45. The Labute approximate surface area is 152 Å². The number of hydrogen-bond acceptors (Lipinski definition) is 3. The van der Waals surface area contributed by atoms with Gasteiger partial charge in [0.05, 0.1) is 0 Å². The molecule has 0 unspecified atom stereocenters. The van der Waals surface area contributed by atoms with E-state index in [1.54, 1.807) is 4.90 Å². The Morgan fingerprint density at radius 2 is 1.80 bits per heavy atom. The zero-order valence-corrected chi connectivity index (χ0v) is 16.2. The summed E-state index contributed by atoms with van der Waals surface area (Å²) >= 11 is 0. The number of rotatable bonds is 4. The minimum Gasteiger partial charge on any atom is -0.369 e. The van der Waals surface area contributed by atoms with Crippen LogP contribution in [0.25, 0.3) is 0 Å². The molecule has 3 rings (SSSR count). The molecule has 0 aliphatic carbocycles. The highest BCUT2D eigenvalue weighted by Crippen LogP contribution is 2.25. The smallest absolute Gasteiger partial charge is 0.319 e. The fourth-order valence-electron chi connectivity index (χ4n) is 3.85. The number of urea groups is 1. The second kappa shape index (κ2) is 7.65. The highest BCUT2D eigenvalue weighted by atomic mass is 16.2. The van der Waals surface area contributed by atoms with Crippen LogP contribution in [-0.4, -0.2) is 80.6 Å². The molecule has 2 saturated heterocycles. The summed E-state index contributed by atoms with van der Waals surface area (Å²) in [6, 6.07) is 6.76. The number of carbonyl (C=O) groups excluding carboxylic acids is 1. The van der Waals surface area contributed by atoms with Crippen LogP contribution < -0.4 is 4.90 Å². The molecule has 2 amide bonds. The molecule has 0 aromatic heterocycles. The molecule has 138 valence electrons. The number of aryl methyl sites for hydroxylation is 1. The monoisotopic (exact) mass is 344 g/mol. The Morgan fingerprint density at radius 3 is 2.44 bits per heavy atom. The van der Waals surface area contributed by atoms with Gasteiger partial charge in [-0.15, -0.1) is 0 Å². The van der Waals surface area contributed by atoms with Gasteiger partial charge in [-0.2, -0.15) is 0 Å². The van der Waals surface area contributed by atoms with Crippen LogP contribution in [0, 0.1) is 19.8 Å². The van der Waals surface area contributed by atoms with Crippen LogP contribution in [0.3, 0.4) is 0 Å². The number of hydrogen-bond donors (Lipinski definition) is 0. The van der Waals surface area contributed by atoms with Crippen molar-refractivity contribution in [3.8, 4) is 0 Å². The summed E-state index contributed by atoms with van der Waals surface area (Å²) in [5.74, 6) is 0.681. The van der Waals surface area contributed by atoms with Crippen molar-refractivity contribution in [1.29, 1.82) is 0 Å². The molecule has 0 bridgehead atoms. The molecule has 0 N–H and O–H groups in total. The second-order valence-corrected chi connectivity index (χ2v) is 7.78. The Bertz CT molecular complexity index is 602. The molecule has 25 heavy (non-hydrogen) atoms. The third-order valence-electron chi connectivity index (χ3n) is 5.75. The fraction of sp³-hybridized carbons (Fsp3) is 0.650. The van der Waals surface area contributed by atoms with Gasteiger partial charge in [-0.1, -0.05) is 12.1 Å². The number of carbonyl (C=O) groups is 1. The zero-order valence-electron chi connectivity index (χ0n) is 16.2. The van der Waals surface area contributed by atoms with Crippen molar-refractivity contribution >= 4 is 11.7 Å². The molecule has 0 saturated carbocycles. The maximum atomic E-state index is 11.8. The molecular formula is C20H32N4O. The SMILES string of the molecule is Cc1cccc(N2CCN(CCC3CN(C(=O)N(C)C)C3)CC2)c1C. The van der Waals surface area contributed by atoms with Gasteiger partial charge in [0.2, 0.25) is 0 Å². The van der Waals surface area contributed by atoms with E-state index in [-0.39, 0.29) is 6.03 Å². The van der Waals surface area contributed by atoms with Crippen molar-refractivity contribution < 1.29 is 4.79 Å². The molecule has 2 aliphatic rings. The lowest BCUT2D eigenvalue weighted by Crippen LogP contribution is -2.54. The van der Waals surface area contributed by atoms with E-state index in [0.29, 0.717) is 5.92 Å². The summed E-state index contributed by atoms with van der Waals surface area (Å²) in [6.45, 7) is 11.9. The van der Waals surface area contributed by atoms with Crippen LogP contribution in [0.15, 0.2) is 18.2 Å². The van der Waals surface area contributed by atoms with Crippen molar-refractivity contribution in [2.75, 3.05) is 64.8 Å². The minimum atomic E-state index is 0.151. The van der Waals surface area contributed by atoms with Crippen molar-refractivity contribution in [3.05, 3.63) is 29.3 Å². The summed E-state index contributed by atoms with van der Waals surface area (Å²) in [5.41, 5.74) is 4.19. The minimum absolute atomic E-state index is 0.151. The maximum absolute atomic E-state index is 11.8. The van der Waals surface area contributed by atoms with Crippen LogP contribution in [0.1, 0.15) is 17.5 Å². The third-order valence-corrected chi connectivity index (χ3v) is 5.75. The number of piperazine rings is 1. The lowest BCUT2D eigenvalue weighted by molar-refractivity contribution is 0.0893. The summed E-state index contributed by atoms with van der Waals surface area (Å²) < 4.78 is 0. The molecule has 0 spiro atoms. The average Bonchev–Trinajstić information content (AvgIpc) is 2.56. The van der Waals surface area contributed by atoms with Gasteiger partial charge in [0.25, 0.3) is 0 Å². The van der Waals surface area contributed by atoms with Gasteiger partial charge in [-0.25, -0.2) is 4.79 Å². The molecule has 0 radical (unpaired) electrons. The molecule has 5 nitrogen and oxygen atoms in total. The average molecular weight is 345 g/mol. The Balaban J connectivity index is 1.39. The normalized spacial score (nSPS) is 19.0. The molecule has 0 atom stereocenters. The van der Waals surface area contributed by atoms with Crippen LogP contribution in [-0.2, 0) is 0 Å². The Kier molecular flexibility index (Phi) is 5.52.